The molecule has 5 N–H and O–H groups in total. The summed E-state index contributed by atoms with van der Waals surface area (Å²) in [5.74, 6) is -0.235. The summed E-state index contributed by atoms with van der Waals surface area (Å²) in [6, 6.07) is 5.50. The van der Waals surface area contributed by atoms with Crippen molar-refractivity contribution in [2.75, 3.05) is 24.6 Å². The second-order valence-corrected chi connectivity index (χ2v) is 5.83. The zero-order valence-corrected chi connectivity index (χ0v) is 12.5. The molecule has 0 spiro atoms. The van der Waals surface area contributed by atoms with E-state index in [1.54, 1.807) is 6.07 Å². The lowest BCUT2D eigenvalue weighted by Gasteiger charge is -2.19. The van der Waals surface area contributed by atoms with E-state index in [-0.39, 0.29) is 12.5 Å². The van der Waals surface area contributed by atoms with Crippen LogP contribution < -0.4 is 16.8 Å². The molecule has 5 nitrogen and oxygen atoms in total. The Hall–Kier alpha value is -1.75. The smallest absolute Gasteiger partial charge is 0.320 e. The van der Waals surface area contributed by atoms with Gasteiger partial charge in [0.2, 0.25) is 0 Å². The molecule has 1 rings (SSSR count). The van der Waals surface area contributed by atoms with Gasteiger partial charge >= 0.3 is 5.97 Å². The van der Waals surface area contributed by atoms with E-state index in [9.17, 15) is 4.79 Å². The number of carbonyl (C=O) groups is 1. The van der Waals surface area contributed by atoms with Crippen molar-refractivity contribution >= 4 is 17.3 Å². The van der Waals surface area contributed by atoms with Crippen molar-refractivity contribution in [3.63, 3.8) is 0 Å². The number of ether oxygens (including phenoxy) is 1. The molecule has 0 amide bonds. The summed E-state index contributed by atoms with van der Waals surface area (Å²) < 4.78 is 5.20. The summed E-state index contributed by atoms with van der Waals surface area (Å²) in [7, 11) is 0. The molecule has 0 aromatic heterocycles. The number of anilines is 2. The van der Waals surface area contributed by atoms with Crippen molar-refractivity contribution in [2.24, 2.45) is 0 Å². The fraction of sp³-hybridized carbons (Fsp3) is 0.533. The van der Waals surface area contributed by atoms with Crippen LogP contribution in [0.2, 0.25) is 0 Å². The molecule has 0 heterocycles. The molecule has 112 valence electrons. The molecule has 1 aromatic carbocycles. The third kappa shape index (κ3) is 6.43. The van der Waals surface area contributed by atoms with Crippen molar-refractivity contribution in [3.8, 4) is 0 Å². The van der Waals surface area contributed by atoms with Crippen molar-refractivity contribution in [1.29, 1.82) is 0 Å². The van der Waals surface area contributed by atoms with E-state index in [2.05, 4.69) is 5.32 Å². The Bertz CT molecular complexity index is 453. The molecular weight excluding hydrogens is 254 g/mol. The van der Waals surface area contributed by atoms with E-state index in [1.165, 1.54) is 0 Å². The van der Waals surface area contributed by atoms with Crippen LogP contribution in [0.4, 0.5) is 11.4 Å². The van der Waals surface area contributed by atoms with Crippen LogP contribution in [0.15, 0.2) is 18.2 Å². The third-order valence-electron chi connectivity index (χ3n) is 2.66. The molecule has 0 aliphatic carbocycles. The second kappa shape index (κ2) is 7.14. The van der Waals surface area contributed by atoms with Crippen LogP contribution in [0.5, 0.6) is 0 Å². The summed E-state index contributed by atoms with van der Waals surface area (Å²) >= 11 is 0. The van der Waals surface area contributed by atoms with Crippen molar-refractivity contribution < 1.29 is 9.53 Å². The molecule has 0 atom stereocenters. The van der Waals surface area contributed by atoms with Gasteiger partial charge in [0, 0.05) is 11.4 Å². The number of nitrogens with two attached hydrogens (primary N) is 2. The maximum atomic E-state index is 11.5. The van der Waals surface area contributed by atoms with Gasteiger partial charge in [0.05, 0.1) is 6.54 Å². The maximum Gasteiger partial charge on any atom is 0.320 e. The Morgan fingerprint density at radius 3 is 2.65 bits per heavy atom. The third-order valence-corrected chi connectivity index (χ3v) is 2.66. The van der Waals surface area contributed by atoms with E-state index in [0.717, 1.165) is 36.3 Å². The van der Waals surface area contributed by atoms with Crippen LogP contribution in [0, 0.1) is 0 Å². The van der Waals surface area contributed by atoms with E-state index >= 15 is 0 Å². The minimum atomic E-state index is -0.436. The lowest BCUT2D eigenvalue weighted by atomic mass is 10.1. The first kappa shape index (κ1) is 16.3. The summed E-state index contributed by atoms with van der Waals surface area (Å²) in [6.07, 6.45) is 1.72. The first-order valence-corrected chi connectivity index (χ1v) is 6.84. The van der Waals surface area contributed by atoms with E-state index in [0.29, 0.717) is 0 Å². The van der Waals surface area contributed by atoms with E-state index < -0.39 is 5.60 Å². The lowest BCUT2D eigenvalue weighted by molar-refractivity contribution is -0.153. The number of esters is 1. The zero-order chi connectivity index (χ0) is 15.2. The minimum Gasteiger partial charge on any atom is -0.459 e. The standard InChI is InChI=1S/C15H25N3O2/c1-15(2,3)20-14(19)10-18-8-4-5-11-9-12(16)6-7-13(11)17/h6-7,9,18H,4-5,8,10,16-17H2,1-3H3. The normalized spacial score (nSPS) is 11.3. The van der Waals surface area contributed by atoms with Gasteiger partial charge in [-0.25, -0.2) is 0 Å². The molecule has 0 fully saturated rings. The average molecular weight is 279 g/mol. The van der Waals surface area contributed by atoms with Gasteiger partial charge in [-0.15, -0.1) is 0 Å². The van der Waals surface area contributed by atoms with Gasteiger partial charge in [0.15, 0.2) is 0 Å². The Balaban J connectivity index is 2.22. The Morgan fingerprint density at radius 2 is 2.00 bits per heavy atom. The predicted molar refractivity (Wildman–Crippen MR) is 82.3 cm³/mol. The van der Waals surface area contributed by atoms with Gasteiger partial charge in [-0.2, -0.15) is 0 Å². The summed E-state index contributed by atoms with van der Waals surface area (Å²) in [6.45, 7) is 6.52. The van der Waals surface area contributed by atoms with Crippen LogP contribution in [0.25, 0.3) is 0 Å². The van der Waals surface area contributed by atoms with Crippen molar-refractivity contribution in [3.05, 3.63) is 23.8 Å². The SMILES string of the molecule is CC(C)(C)OC(=O)CNCCCc1cc(N)ccc1N. The lowest BCUT2D eigenvalue weighted by Crippen LogP contribution is -2.32. The second-order valence-electron chi connectivity index (χ2n) is 5.83. The number of rotatable bonds is 6. The number of aryl methyl sites for hydroxylation is 1. The quantitative estimate of drug-likeness (QED) is 0.419. The van der Waals surface area contributed by atoms with Crippen LogP contribution in [-0.4, -0.2) is 24.7 Å². The first-order valence-electron chi connectivity index (χ1n) is 6.84. The summed E-state index contributed by atoms with van der Waals surface area (Å²) in [4.78, 5) is 11.5. The van der Waals surface area contributed by atoms with Gasteiger partial charge in [-0.3, -0.25) is 4.79 Å². The fourth-order valence-electron chi connectivity index (χ4n) is 1.81. The molecule has 0 bridgehead atoms. The van der Waals surface area contributed by atoms with E-state index in [4.69, 9.17) is 16.2 Å². The molecule has 1 aromatic rings. The molecule has 0 saturated heterocycles. The number of hydrogen-bond donors (Lipinski definition) is 3. The molecule has 20 heavy (non-hydrogen) atoms. The van der Waals surface area contributed by atoms with E-state index in [1.807, 2.05) is 32.9 Å². The summed E-state index contributed by atoms with van der Waals surface area (Å²) in [5.41, 5.74) is 13.7. The number of nitrogens with one attached hydrogen (secondary N) is 1. The maximum absolute atomic E-state index is 11.5. The number of nitrogen functional groups attached to an aromatic ring is 2. The molecule has 0 radical (unpaired) electrons. The first-order chi connectivity index (χ1) is 9.28. The highest BCUT2D eigenvalue weighted by Crippen LogP contribution is 2.16. The topological polar surface area (TPSA) is 90.4 Å². The molecule has 0 aliphatic rings. The van der Waals surface area contributed by atoms with Crippen molar-refractivity contribution in [2.45, 2.75) is 39.2 Å². The largest absolute Gasteiger partial charge is 0.459 e. The minimum absolute atomic E-state index is 0.226. The number of benzene rings is 1. The molecule has 0 saturated carbocycles. The zero-order valence-electron chi connectivity index (χ0n) is 12.5. The highest BCUT2D eigenvalue weighted by molar-refractivity contribution is 5.72. The highest BCUT2D eigenvalue weighted by atomic mass is 16.6. The average Bonchev–Trinajstić information content (AvgIpc) is 2.30. The molecule has 5 heteroatoms. The summed E-state index contributed by atoms with van der Waals surface area (Å²) in [5, 5.41) is 3.07. The van der Waals surface area contributed by atoms with Gasteiger partial charge in [-0.1, -0.05) is 0 Å². The van der Waals surface area contributed by atoms with Gasteiger partial charge in [0.1, 0.15) is 5.60 Å². The van der Waals surface area contributed by atoms with Crippen molar-refractivity contribution in [1.82, 2.24) is 5.32 Å². The van der Waals surface area contributed by atoms with Gasteiger partial charge < -0.3 is 21.5 Å². The fourth-order valence-corrected chi connectivity index (χ4v) is 1.81. The molecule has 0 aliphatic heterocycles. The van der Waals surface area contributed by atoms with Crippen LogP contribution in [0.1, 0.15) is 32.8 Å². The van der Waals surface area contributed by atoms with Crippen LogP contribution in [-0.2, 0) is 16.0 Å². The molecule has 0 unspecified atom stereocenters. The Labute approximate surface area is 120 Å². The predicted octanol–water partition coefficient (Wildman–Crippen LogP) is 1.71. The molecular formula is C15H25N3O2. The monoisotopic (exact) mass is 279 g/mol. The van der Waals surface area contributed by atoms with Crippen LogP contribution in [0.3, 0.4) is 0 Å². The highest BCUT2D eigenvalue weighted by Gasteiger charge is 2.15. The Kier molecular flexibility index (Phi) is 5.82. The number of hydrogen-bond acceptors (Lipinski definition) is 5. The van der Waals surface area contributed by atoms with Gasteiger partial charge in [-0.05, 0) is 63.9 Å². The van der Waals surface area contributed by atoms with Crippen LogP contribution >= 0.6 is 0 Å². The number of carbonyl (C=O) groups excluding carboxylic acids is 1. The Morgan fingerprint density at radius 1 is 1.30 bits per heavy atom. The van der Waals surface area contributed by atoms with Gasteiger partial charge in [0.25, 0.3) is 0 Å².